The van der Waals surface area contributed by atoms with Crippen molar-refractivity contribution in [3.05, 3.63) is 29.8 Å². The molecule has 0 aromatic heterocycles. The Bertz CT molecular complexity index is 385. The van der Waals surface area contributed by atoms with Gasteiger partial charge in [0.1, 0.15) is 0 Å². The van der Waals surface area contributed by atoms with E-state index in [4.69, 9.17) is 4.74 Å². The van der Waals surface area contributed by atoms with E-state index in [2.05, 4.69) is 17.9 Å². The maximum Gasteiger partial charge on any atom is 0.224 e. The van der Waals surface area contributed by atoms with Crippen LogP contribution in [0.5, 0.6) is 0 Å². The van der Waals surface area contributed by atoms with Gasteiger partial charge in [0, 0.05) is 24.7 Å². The molecule has 1 fully saturated rings. The summed E-state index contributed by atoms with van der Waals surface area (Å²) in [5.74, 6) is 0.663. The quantitative estimate of drug-likeness (QED) is 0.818. The molecule has 3 nitrogen and oxygen atoms in total. The molecule has 1 aromatic rings. The molecule has 0 spiro atoms. The average Bonchev–Trinajstić information content (AvgIpc) is 2.40. The Morgan fingerprint density at radius 3 is 2.61 bits per heavy atom. The number of rotatable bonds is 4. The van der Waals surface area contributed by atoms with E-state index in [9.17, 15) is 4.79 Å². The molecule has 98 valence electrons. The highest BCUT2D eigenvalue weighted by Gasteiger charge is 2.14. The molecule has 1 aliphatic rings. The Hall–Kier alpha value is -1.00. The number of ether oxygens (including phenoxy) is 1. The van der Waals surface area contributed by atoms with Gasteiger partial charge in [-0.3, -0.25) is 4.79 Å². The van der Waals surface area contributed by atoms with Crippen LogP contribution in [0.4, 0.5) is 0 Å². The van der Waals surface area contributed by atoms with Gasteiger partial charge in [0.05, 0.1) is 6.42 Å². The molecule has 0 atom stereocenters. The summed E-state index contributed by atoms with van der Waals surface area (Å²) in [5.41, 5.74) is 1.03. The third kappa shape index (κ3) is 4.35. The molecule has 0 bridgehead atoms. The number of thiol groups is 1. The van der Waals surface area contributed by atoms with Crippen molar-refractivity contribution in [1.29, 1.82) is 0 Å². The molecule has 0 unspecified atom stereocenters. The minimum Gasteiger partial charge on any atom is -0.381 e. The molecule has 1 N–H and O–H groups in total. The van der Waals surface area contributed by atoms with Crippen molar-refractivity contribution in [2.24, 2.45) is 5.92 Å². The van der Waals surface area contributed by atoms with Crippen molar-refractivity contribution in [3.63, 3.8) is 0 Å². The molecular formula is C14H19NO2S. The molecule has 1 heterocycles. The van der Waals surface area contributed by atoms with Gasteiger partial charge in [-0.2, -0.15) is 0 Å². The van der Waals surface area contributed by atoms with Crippen molar-refractivity contribution in [3.8, 4) is 0 Å². The van der Waals surface area contributed by atoms with E-state index in [0.717, 1.165) is 43.1 Å². The lowest BCUT2D eigenvalue weighted by Crippen LogP contribution is -2.33. The first-order valence-electron chi connectivity index (χ1n) is 6.36. The summed E-state index contributed by atoms with van der Waals surface area (Å²) in [7, 11) is 0. The lowest BCUT2D eigenvalue weighted by atomic mass is 10.0. The number of nitrogens with one attached hydrogen (secondary N) is 1. The minimum absolute atomic E-state index is 0.0911. The van der Waals surface area contributed by atoms with E-state index >= 15 is 0 Å². The normalized spacial score (nSPS) is 16.5. The van der Waals surface area contributed by atoms with Crippen LogP contribution in [-0.2, 0) is 16.0 Å². The number of amides is 1. The number of carbonyl (C=O) groups excluding carboxylic acids is 1. The summed E-state index contributed by atoms with van der Waals surface area (Å²) in [5, 5.41) is 3.00. The topological polar surface area (TPSA) is 38.3 Å². The predicted octanol–water partition coefficient (Wildman–Crippen LogP) is 2.06. The third-order valence-electron chi connectivity index (χ3n) is 3.23. The SMILES string of the molecule is O=C(Cc1ccc(S)cc1)NCC1CCOCC1. The number of hydrogen-bond acceptors (Lipinski definition) is 3. The largest absolute Gasteiger partial charge is 0.381 e. The Morgan fingerprint density at radius 2 is 1.94 bits per heavy atom. The smallest absolute Gasteiger partial charge is 0.224 e. The second kappa shape index (κ2) is 6.81. The van der Waals surface area contributed by atoms with Gasteiger partial charge < -0.3 is 10.1 Å². The van der Waals surface area contributed by atoms with Crippen LogP contribution in [0.1, 0.15) is 18.4 Å². The van der Waals surface area contributed by atoms with E-state index in [1.807, 2.05) is 24.3 Å². The van der Waals surface area contributed by atoms with Gasteiger partial charge in [0.15, 0.2) is 0 Å². The second-order valence-corrected chi connectivity index (χ2v) is 5.22. The van der Waals surface area contributed by atoms with E-state index in [1.165, 1.54) is 0 Å². The Kier molecular flexibility index (Phi) is 5.08. The highest BCUT2D eigenvalue weighted by Crippen LogP contribution is 2.13. The summed E-state index contributed by atoms with van der Waals surface area (Å²) < 4.78 is 5.29. The van der Waals surface area contributed by atoms with Gasteiger partial charge in [-0.05, 0) is 36.5 Å². The van der Waals surface area contributed by atoms with E-state index in [-0.39, 0.29) is 5.91 Å². The van der Waals surface area contributed by atoms with Crippen molar-refractivity contribution in [1.82, 2.24) is 5.32 Å². The predicted molar refractivity (Wildman–Crippen MR) is 74.0 cm³/mol. The molecule has 1 aliphatic heterocycles. The van der Waals surface area contributed by atoms with Crippen LogP contribution in [0.15, 0.2) is 29.2 Å². The first-order chi connectivity index (χ1) is 8.74. The number of benzene rings is 1. The maximum absolute atomic E-state index is 11.8. The standard InChI is InChI=1S/C14H19NO2S/c16-14(9-11-1-3-13(18)4-2-11)15-10-12-5-7-17-8-6-12/h1-4,12,18H,5-10H2,(H,15,16). The van der Waals surface area contributed by atoms with Crippen LogP contribution in [0.3, 0.4) is 0 Å². The van der Waals surface area contributed by atoms with Crippen LogP contribution < -0.4 is 5.32 Å². The highest BCUT2D eigenvalue weighted by molar-refractivity contribution is 7.80. The lowest BCUT2D eigenvalue weighted by molar-refractivity contribution is -0.120. The van der Waals surface area contributed by atoms with Gasteiger partial charge >= 0.3 is 0 Å². The van der Waals surface area contributed by atoms with Gasteiger partial charge in [-0.1, -0.05) is 12.1 Å². The zero-order chi connectivity index (χ0) is 12.8. The van der Waals surface area contributed by atoms with Crippen LogP contribution >= 0.6 is 12.6 Å². The second-order valence-electron chi connectivity index (χ2n) is 4.70. The van der Waals surface area contributed by atoms with Crippen molar-refractivity contribution >= 4 is 18.5 Å². The van der Waals surface area contributed by atoms with E-state index < -0.39 is 0 Å². The Labute approximate surface area is 113 Å². The molecule has 4 heteroatoms. The fourth-order valence-electron chi connectivity index (χ4n) is 2.07. The van der Waals surface area contributed by atoms with Crippen LogP contribution in [0, 0.1) is 5.92 Å². The fraction of sp³-hybridized carbons (Fsp3) is 0.500. The molecule has 0 radical (unpaired) electrons. The summed E-state index contributed by atoms with van der Waals surface area (Å²) in [4.78, 5) is 12.7. The highest BCUT2D eigenvalue weighted by atomic mass is 32.1. The van der Waals surface area contributed by atoms with Gasteiger partial charge in [-0.25, -0.2) is 0 Å². The maximum atomic E-state index is 11.8. The summed E-state index contributed by atoms with van der Waals surface area (Å²) >= 11 is 4.22. The van der Waals surface area contributed by atoms with Crippen molar-refractivity contribution < 1.29 is 9.53 Å². The first-order valence-corrected chi connectivity index (χ1v) is 6.81. The van der Waals surface area contributed by atoms with Gasteiger partial charge in [0.25, 0.3) is 0 Å². The average molecular weight is 265 g/mol. The van der Waals surface area contributed by atoms with Gasteiger partial charge in [0.2, 0.25) is 5.91 Å². The van der Waals surface area contributed by atoms with Crippen LogP contribution in [0.25, 0.3) is 0 Å². The number of carbonyl (C=O) groups is 1. The van der Waals surface area contributed by atoms with Gasteiger partial charge in [-0.15, -0.1) is 12.6 Å². The molecule has 1 saturated heterocycles. The fourth-order valence-corrected chi connectivity index (χ4v) is 2.22. The molecule has 1 amide bonds. The van der Waals surface area contributed by atoms with Crippen LogP contribution in [0.2, 0.25) is 0 Å². The summed E-state index contributed by atoms with van der Waals surface area (Å²) in [6.45, 7) is 2.42. The van der Waals surface area contributed by atoms with E-state index in [1.54, 1.807) is 0 Å². The summed E-state index contributed by atoms with van der Waals surface area (Å²) in [6.07, 6.45) is 2.54. The summed E-state index contributed by atoms with van der Waals surface area (Å²) in [6, 6.07) is 7.70. The van der Waals surface area contributed by atoms with E-state index in [0.29, 0.717) is 12.3 Å². The first kappa shape index (κ1) is 13.4. The van der Waals surface area contributed by atoms with Crippen molar-refractivity contribution in [2.75, 3.05) is 19.8 Å². The molecule has 0 aliphatic carbocycles. The van der Waals surface area contributed by atoms with Crippen molar-refractivity contribution in [2.45, 2.75) is 24.2 Å². The molecule has 1 aromatic carbocycles. The molecule has 0 saturated carbocycles. The number of hydrogen-bond donors (Lipinski definition) is 2. The molecule has 2 rings (SSSR count). The molecular weight excluding hydrogens is 246 g/mol. The monoisotopic (exact) mass is 265 g/mol. The minimum atomic E-state index is 0.0911. The Morgan fingerprint density at radius 1 is 1.28 bits per heavy atom. The van der Waals surface area contributed by atoms with Crippen LogP contribution in [-0.4, -0.2) is 25.7 Å². The zero-order valence-corrected chi connectivity index (χ0v) is 11.3. The molecule has 18 heavy (non-hydrogen) atoms. The third-order valence-corrected chi connectivity index (χ3v) is 3.53. The lowest BCUT2D eigenvalue weighted by Gasteiger charge is -2.22. The Balaban J connectivity index is 1.73. The zero-order valence-electron chi connectivity index (χ0n) is 10.4.